The van der Waals surface area contributed by atoms with E-state index in [2.05, 4.69) is 4.98 Å². The Morgan fingerprint density at radius 2 is 1.88 bits per heavy atom. The van der Waals surface area contributed by atoms with Gasteiger partial charge in [-0.3, -0.25) is 10.1 Å². The van der Waals surface area contributed by atoms with Crippen molar-refractivity contribution in [2.75, 3.05) is 5.73 Å². The highest BCUT2D eigenvalue weighted by molar-refractivity contribution is 6.30. The molecule has 0 aliphatic carbocycles. The number of nitrogens with two attached hydrogens (primary N) is 1. The molecule has 3 rings (SSSR count). The molecule has 0 aliphatic heterocycles. The number of hydrogen-bond donors (Lipinski definition) is 1. The van der Waals surface area contributed by atoms with Crippen molar-refractivity contribution in [3.63, 3.8) is 0 Å². The van der Waals surface area contributed by atoms with Gasteiger partial charge in [0.25, 0.3) is 5.69 Å². The van der Waals surface area contributed by atoms with Gasteiger partial charge in [-0.1, -0.05) is 35.9 Å². The number of anilines is 1. The zero-order valence-corrected chi connectivity index (χ0v) is 13.6. The molecular weight excluding hydrogens is 340 g/mol. The molecule has 0 saturated heterocycles. The zero-order valence-electron chi connectivity index (χ0n) is 12.8. The van der Waals surface area contributed by atoms with Crippen LogP contribution in [0.3, 0.4) is 0 Å². The van der Waals surface area contributed by atoms with E-state index in [1.165, 1.54) is 6.07 Å². The van der Waals surface area contributed by atoms with Gasteiger partial charge in [0.1, 0.15) is 17.5 Å². The number of nitro benzene ring substituents is 1. The van der Waals surface area contributed by atoms with Gasteiger partial charge in [0, 0.05) is 16.7 Å². The minimum Gasteiger partial charge on any atom is -0.383 e. The Kier molecular flexibility index (Phi) is 4.33. The standard InChI is InChI=1S/C18H11ClN4O2/c19-12-5-3-4-11(8-12)14-9-16(22-18(21)15(14)10-20)13-6-1-2-7-17(13)23(24)25/h1-9H,(H2,21,22). The second-order valence-corrected chi connectivity index (χ2v) is 5.65. The number of benzene rings is 2. The van der Waals surface area contributed by atoms with E-state index >= 15 is 0 Å². The molecular formula is C18H11ClN4O2. The van der Waals surface area contributed by atoms with Crippen LogP contribution in [0.5, 0.6) is 0 Å². The molecule has 0 bridgehead atoms. The lowest BCUT2D eigenvalue weighted by atomic mass is 9.98. The third-order valence-electron chi connectivity index (χ3n) is 3.67. The predicted octanol–water partition coefficient (Wildman–Crippen LogP) is 4.43. The first-order valence-electron chi connectivity index (χ1n) is 7.21. The molecule has 25 heavy (non-hydrogen) atoms. The van der Waals surface area contributed by atoms with E-state index in [-0.39, 0.29) is 17.1 Å². The quantitative estimate of drug-likeness (QED) is 0.555. The van der Waals surface area contributed by atoms with Crippen LogP contribution in [-0.4, -0.2) is 9.91 Å². The van der Waals surface area contributed by atoms with Crippen LogP contribution < -0.4 is 5.73 Å². The van der Waals surface area contributed by atoms with Crippen LogP contribution in [-0.2, 0) is 0 Å². The molecule has 0 amide bonds. The first-order valence-corrected chi connectivity index (χ1v) is 7.59. The number of nitro groups is 1. The summed E-state index contributed by atoms with van der Waals surface area (Å²) in [6, 6.07) is 16.8. The van der Waals surface area contributed by atoms with Crippen LogP contribution in [0.25, 0.3) is 22.4 Å². The molecule has 0 aliphatic rings. The number of hydrogen-bond acceptors (Lipinski definition) is 5. The van der Waals surface area contributed by atoms with Crippen molar-refractivity contribution < 1.29 is 4.92 Å². The van der Waals surface area contributed by atoms with Crippen LogP contribution in [0.15, 0.2) is 54.6 Å². The van der Waals surface area contributed by atoms with Crippen molar-refractivity contribution in [3.05, 3.63) is 75.3 Å². The SMILES string of the molecule is N#Cc1c(-c2cccc(Cl)c2)cc(-c2ccccc2[N+](=O)[O-])nc1N. The Morgan fingerprint density at radius 3 is 2.56 bits per heavy atom. The monoisotopic (exact) mass is 350 g/mol. The lowest BCUT2D eigenvalue weighted by Crippen LogP contribution is -2.01. The van der Waals surface area contributed by atoms with Crippen LogP contribution in [0, 0.1) is 21.4 Å². The summed E-state index contributed by atoms with van der Waals surface area (Å²) in [5, 5.41) is 21.2. The van der Waals surface area contributed by atoms with Gasteiger partial charge >= 0.3 is 0 Å². The number of halogens is 1. The molecule has 6 nitrogen and oxygen atoms in total. The van der Waals surface area contributed by atoms with Gasteiger partial charge in [0.15, 0.2) is 0 Å². The molecule has 122 valence electrons. The summed E-state index contributed by atoms with van der Waals surface area (Å²) >= 11 is 6.03. The normalized spacial score (nSPS) is 10.2. The number of rotatable bonds is 3. The molecule has 0 radical (unpaired) electrons. The number of pyridine rings is 1. The highest BCUT2D eigenvalue weighted by Gasteiger charge is 2.19. The molecule has 0 saturated carbocycles. The highest BCUT2D eigenvalue weighted by Crippen LogP contribution is 2.35. The maximum atomic E-state index is 11.3. The number of aromatic nitrogens is 1. The topological polar surface area (TPSA) is 106 Å². The van der Waals surface area contributed by atoms with Gasteiger partial charge in [-0.25, -0.2) is 4.98 Å². The third-order valence-corrected chi connectivity index (χ3v) is 3.91. The average molecular weight is 351 g/mol. The molecule has 0 unspecified atom stereocenters. The molecule has 0 spiro atoms. The van der Waals surface area contributed by atoms with Crippen molar-refractivity contribution in [3.8, 4) is 28.5 Å². The van der Waals surface area contributed by atoms with Crippen molar-refractivity contribution in [1.82, 2.24) is 4.98 Å². The second kappa shape index (κ2) is 6.59. The van der Waals surface area contributed by atoms with Crippen LogP contribution in [0.1, 0.15) is 5.56 Å². The molecule has 2 aromatic carbocycles. The number of nitriles is 1. The lowest BCUT2D eigenvalue weighted by molar-refractivity contribution is -0.384. The van der Waals surface area contributed by atoms with Crippen LogP contribution >= 0.6 is 11.6 Å². The van der Waals surface area contributed by atoms with E-state index in [0.29, 0.717) is 27.4 Å². The highest BCUT2D eigenvalue weighted by atomic mass is 35.5. The lowest BCUT2D eigenvalue weighted by Gasteiger charge is -2.10. The minimum atomic E-state index is -0.482. The molecule has 0 atom stereocenters. The molecule has 0 fully saturated rings. The Labute approximate surface area is 148 Å². The molecule has 2 N–H and O–H groups in total. The van der Waals surface area contributed by atoms with Gasteiger partial charge in [-0.05, 0) is 29.8 Å². The van der Waals surface area contributed by atoms with E-state index in [4.69, 9.17) is 17.3 Å². The first kappa shape index (κ1) is 16.4. The fourth-order valence-electron chi connectivity index (χ4n) is 2.55. The molecule has 7 heteroatoms. The maximum Gasteiger partial charge on any atom is 0.278 e. The number of nitrogen functional groups attached to an aromatic ring is 1. The summed E-state index contributed by atoms with van der Waals surface area (Å²) in [5.41, 5.74) is 7.89. The Hall–Kier alpha value is -3.43. The summed E-state index contributed by atoms with van der Waals surface area (Å²) in [5.74, 6) is 0.00752. The fraction of sp³-hybridized carbons (Fsp3) is 0. The largest absolute Gasteiger partial charge is 0.383 e. The Balaban J connectivity index is 2.29. The number of para-hydroxylation sites is 1. The van der Waals surface area contributed by atoms with E-state index in [9.17, 15) is 15.4 Å². The fourth-order valence-corrected chi connectivity index (χ4v) is 2.74. The van der Waals surface area contributed by atoms with E-state index in [1.54, 1.807) is 48.5 Å². The van der Waals surface area contributed by atoms with Gasteiger partial charge in [-0.15, -0.1) is 0 Å². The molecule has 1 aromatic heterocycles. The van der Waals surface area contributed by atoms with Gasteiger partial charge < -0.3 is 5.73 Å². The van der Waals surface area contributed by atoms with Crippen molar-refractivity contribution in [2.24, 2.45) is 0 Å². The summed E-state index contributed by atoms with van der Waals surface area (Å²) in [6.07, 6.45) is 0. The van der Waals surface area contributed by atoms with Crippen LogP contribution in [0.4, 0.5) is 11.5 Å². The van der Waals surface area contributed by atoms with Gasteiger partial charge in [-0.2, -0.15) is 5.26 Å². The van der Waals surface area contributed by atoms with Crippen LogP contribution in [0.2, 0.25) is 5.02 Å². The summed E-state index contributed by atoms with van der Waals surface area (Å²) < 4.78 is 0. The Bertz CT molecular complexity index is 1030. The third kappa shape index (κ3) is 3.13. The first-order chi connectivity index (χ1) is 12.0. The van der Waals surface area contributed by atoms with Gasteiger partial charge in [0.2, 0.25) is 0 Å². The minimum absolute atomic E-state index is 0.00752. The number of nitrogens with zero attached hydrogens (tertiary/aromatic N) is 3. The van der Waals surface area contributed by atoms with Gasteiger partial charge in [0.05, 0.1) is 16.2 Å². The van der Waals surface area contributed by atoms with E-state index in [0.717, 1.165) is 0 Å². The average Bonchev–Trinajstić information content (AvgIpc) is 2.61. The zero-order chi connectivity index (χ0) is 18.0. The van der Waals surface area contributed by atoms with Crippen molar-refractivity contribution in [2.45, 2.75) is 0 Å². The van der Waals surface area contributed by atoms with Crippen molar-refractivity contribution >= 4 is 23.1 Å². The molecule has 1 heterocycles. The van der Waals surface area contributed by atoms with E-state index in [1.807, 2.05) is 6.07 Å². The Morgan fingerprint density at radius 1 is 1.12 bits per heavy atom. The summed E-state index contributed by atoms with van der Waals surface area (Å²) in [7, 11) is 0. The summed E-state index contributed by atoms with van der Waals surface area (Å²) in [4.78, 5) is 15.0. The maximum absolute atomic E-state index is 11.3. The van der Waals surface area contributed by atoms with Crippen molar-refractivity contribution in [1.29, 1.82) is 5.26 Å². The summed E-state index contributed by atoms with van der Waals surface area (Å²) in [6.45, 7) is 0. The second-order valence-electron chi connectivity index (χ2n) is 5.21. The van der Waals surface area contributed by atoms with E-state index < -0.39 is 4.92 Å². The molecule has 3 aromatic rings. The smallest absolute Gasteiger partial charge is 0.278 e. The predicted molar refractivity (Wildman–Crippen MR) is 95.9 cm³/mol.